The Labute approximate surface area is 203 Å². The van der Waals surface area contributed by atoms with Gasteiger partial charge in [0.25, 0.3) is 0 Å². The van der Waals surface area contributed by atoms with Gasteiger partial charge in [-0.15, -0.1) is 0 Å². The molecule has 0 aliphatic heterocycles. The lowest BCUT2D eigenvalue weighted by molar-refractivity contribution is -0.137. The van der Waals surface area contributed by atoms with Gasteiger partial charge in [-0.05, 0) is 70.2 Å². The summed E-state index contributed by atoms with van der Waals surface area (Å²) in [5, 5.41) is 11.2. The summed E-state index contributed by atoms with van der Waals surface area (Å²) in [6.07, 6.45) is -4.88. The van der Waals surface area contributed by atoms with Crippen molar-refractivity contribution in [3.8, 4) is 6.07 Å². The molecule has 0 aromatic heterocycles. The molecule has 0 saturated carbocycles. The van der Waals surface area contributed by atoms with Crippen molar-refractivity contribution in [3.63, 3.8) is 0 Å². The molecule has 0 fully saturated rings. The molecule has 2 aromatic rings. The Bertz CT molecular complexity index is 1280. The van der Waals surface area contributed by atoms with E-state index in [-0.39, 0.29) is 10.6 Å². The molecule has 0 radical (unpaired) electrons. The van der Waals surface area contributed by atoms with Gasteiger partial charge >= 0.3 is 6.18 Å². The van der Waals surface area contributed by atoms with E-state index < -0.39 is 65.9 Å². The highest BCUT2D eigenvalue weighted by Gasteiger charge is 2.42. The second-order valence-corrected chi connectivity index (χ2v) is 12.8. The summed E-state index contributed by atoms with van der Waals surface area (Å²) in [7, 11) is -6.21. The molecule has 190 valence electrons. The third-order valence-corrected chi connectivity index (χ3v) is 8.43. The predicted octanol–water partition coefficient (Wildman–Crippen LogP) is 3.94. The largest absolute Gasteiger partial charge is 0.417 e. The lowest BCUT2D eigenvalue weighted by atomic mass is 10.0. The average Bonchev–Trinajstić information content (AvgIpc) is 2.72. The van der Waals surface area contributed by atoms with Gasteiger partial charge in [0.2, 0.25) is 5.91 Å². The fourth-order valence-corrected chi connectivity index (χ4v) is 5.48. The highest BCUT2D eigenvalue weighted by molar-refractivity contribution is 7.91. The Morgan fingerprint density at radius 3 is 2.11 bits per heavy atom. The number of benzene rings is 2. The van der Waals surface area contributed by atoms with E-state index in [0.717, 1.165) is 43.3 Å². The topological polar surface area (TPSA) is 116 Å². The summed E-state index contributed by atoms with van der Waals surface area (Å²) < 4.78 is 93.5. The zero-order valence-corrected chi connectivity index (χ0v) is 20.8. The first-order chi connectivity index (χ1) is 15.9. The molecule has 0 aliphatic carbocycles. The first-order valence-corrected chi connectivity index (χ1v) is 12.8. The Kier molecular flexibility index (Phi) is 8.15. The van der Waals surface area contributed by atoms with Crippen molar-refractivity contribution in [2.24, 2.45) is 0 Å². The second kappa shape index (κ2) is 10.0. The summed E-state index contributed by atoms with van der Waals surface area (Å²) in [6, 6.07) is 7.72. The molecule has 0 saturated heterocycles. The molecule has 1 unspecified atom stereocenters. The number of nitrogens with one attached hydrogen (secondary N) is 2. The number of amides is 1. The smallest absolute Gasteiger partial charge is 0.324 e. The zero-order chi connectivity index (χ0) is 26.8. The minimum Gasteiger partial charge on any atom is -0.324 e. The first kappa shape index (κ1) is 28.4. The van der Waals surface area contributed by atoms with Crippen LogP contribution < -0.4 is 10.0 Å². The van der Waals surface area contributed by atoms with Gasteiger partial charge < -0.3 is 5.32 Å². The van der Waals surface area contributed by atoms with Crippen LogP contribution in [0.3, 0.4) is 0 Å². The average molecular weight is 534 g/mol. The van der Waals surface area contributed by atoms with Gasteiger partial charge in [-0.1, -0.05) is 0 Å². The Balaban J connectivity index is 2.49. The summed E-state index contributed by atoms with van der Waals surface area (Å²) >= 11 is 0. The van der Waals surface area contributed by atoms with E-state index in [9.17, 15) is 35.0 Å². The molecule has 2 atom stereocenters. The SMILES string of the molecule is CC(C)(C)S(=O)N[C@@](C)(CS(=O)(=O)c1ccc(F)cc1)C(=O)Nc1ccc(C#N)c(C(F)(F)F)c1. The third-order valence-electron chi connectivity index (χ3n) is 4.73. The number of alkyl halides is 3. The van der Waals surface area contributed by atoms with Crippen LogP contribution in [-0.2, 0) is 31.8 Å². The van der Waals surface area contributed by atoms with E-state index in [1.54, 1.807) is 20.8 Å². The fraction of sp³-hybridized carbons (Fsp3) is 0.364. The van der Waals surface area contributed by atoms with Crippen LogP contribution in [0.1, 0.15) is 38.8 Å². The van der Waals surface area contributed by atoms with E-state index in [1.807, 2.05) is 0 Å². The summed E-state index contributed by atoms with van der Waals surface area (Å²) in [5.74, 6) is -2.71. The van der Waals surface area contributed by atoms with Crippen molar-refractivity contribution in [1.82, 2.24) is 4.72 Å². The number of carbonyl (C=O) groups is 1. The Morgan fingerprint density at radius 2 is 1.63 bits per heavy atom. The van der Waals surface area contributed by atoms with Gasteiger partial charge in [0, 0.05) is 5.69 Å². The third kappa shape index (κ3) is 7.09. The molecular formula is C22H23F4N3O4S2. The van der Waals surface area contributed by atoms with E-state index >= 15 is 0 Å². The number of hydrogen-bond acceptors (Lipinski definition) is 5. The molecule has 13 heteroatoms. The van der Waals surface area contributed by atoms with Crippen LogP contribution in [0, 0.1) is 17.1 Å². The van der Waals surface area contributed by atoms with E-state index in [4.69, 9.17) is 5.26 Å². The standard InChI is InChI=1S/C22H23F4N3O4S2/c1-20(2,3)34(31)29-21(4,13-35(32,33)17-9-6-15(23)7-10-17)19(30)28-16-8-5-14(12-27)18(11-16)22(24,25)26/h5-11,29H,13H2,1-4H3,(H,28,30)/t21-,34?/m0/s1. The van der Waals surface area contributed by atoms with Crippen LogP contribution in [0.2, 0.25) is 0 Å². The van der Waals surface area contributed by atoms with Crippen LogP contribution in [0.25, 0.3) is 0 Å². The molecule has 0 spiro atoms. The lowest BCUT2D eigenvalue weighted by Gasteiger charge is -2.32. The van der Waals surface area contributed by atoms with E-state index in [1.165, 1.54) is 6.07 Å². The second-order valence-electron chi connectivity index (χ2n) is 8.85. The zero-order valence-electron chi connectivity index (χ0n) is 19.2. The number of nitriles is 1. The monoisotopic (exact) mass is 533 g/mol. The van der Waals surface area contributed by atoms with Gasteiger partial charge in [0.05, 0.1) is 43.6 Å². The van der Waals surface area contributed by atoms with Crippen molar-refractivity contribution in [1.29, 1.82) is 5.26 Å². The first-order valence-electron chi connectivity index (χ1n) is 10.00. The van der Waals surface area contributed by atoms with Crippen LogP contribution >= 0.6 is 0 Å². The highest BCUT2D eigenvalue weighted by atomic mass is 32.2. The molecule has 0 aliphatic rings. The van der Waals surface area contributed by atoms with Crippen LogP contribution in [-0.4, -0.2) is 34.6 Å². The van der Waals surface area contributed by atoms with Crippen LogP contribution in [0.5, 0.6) is 0 Å². The summed E-state index contributed by atoms with van der Waals surface area (Å²) in [6.45, 7) is 5.85. The van der Waals surface area contributed by atoms with Crippen LogP contribution in [0.15, 0.2) is 47.4 Å². The van der Waals surface area contributed by atoms with Crippen molar-refractivity contribution in [2.45, 2.75) is 49.1 Å². The number of sulfone groups is 1. The number of anilines is 1. The molecule has 2 aromatic carbocycles. The molecule has 1 amide bonds. The van der Waals surface area contributed by atoms with Gasteiger partial charge in [0.1, 0.15) is 11.4 Å². The molecule has 35 heavy (non-hydrogen) atoms. The normalized spacial score (nSPS) is 15.1. The van der Waals surface area contributed by atoms with Crippen molar-refractivity contribution in [2.75, 3.05) is 11.1 Å². The maximum atomic E-state index is 13.3. The molecule has 2 N–H and O–H groups in total. The number of halogens is 4. The molecule has 0 bridgehead atoms. The number of carbonyl (C=O) groups excluding carboxylic acids is 1. The minimum atomic E-state index is -4.88. The predicted molar refractivity (Wildman–Crippen MR) is 123 cm³/mol. The van der Waals surface area contributed by atoms with Crippen molar-refractivity contribution < 1.29 is 35.0 Å². The molecular weight excluding hydrogens is 510 g/mol. The van der Waals surface area contributed by atoms with Gasteiger partial charge in [-0.25, -0.2) is 21.7 Å². The lowest BCUT2D eigenvalue weighted by Crippen LogP contribution is -2.59. The maximum Gasteiger partial charge on any atom is 0.417 e. The van der Waals surface area contributed by atoms with E-state index in [0.29, 0.717) is 6.07 Å². The minimum absolute atomic E-state index is 0.306. The maximum absolute atomic E-state index is 13.3. The van der Waals surface area contributed by atoms with E-state index in [2.05, 4.69) is 10.0 Å². The van der Waals surface area contributed by atoms with Gasteiger partial charge in [0.15, 0.2) is 9.84 Å². The number of hydrogen-bond donors (Lipinski definition) is 2. The van der Waals surface area contributed by atoms with Gasteiger partial charge in [-0.2, -0.15) is 18.4 Å². The summed E-state index contributed by atoms with van der Waals surface area (Å²) in [4.78, 5) is 12.9. The summed E-state index contributed by atoms with van der Waals surface area (Å²) in [5.41, 5.74) is -4.39. The number of nitrogens with zero attached hydrogens (tertiary/aromatic N) is 1. The Morgan fingerprint density at radius 1 is 1.06 bits per heavy atom. The van der Waals surface area contributed by atoms with Crippen LogP contribution in [0.4, 0.5) is 23.2 Å². The number of rotatable bonds is 7. The molecule has 0 heterocycles. The molecule has 7 nitrogen and oxygen atoms in total. The quantitative estimate of drug-likeness (QED) is 0.413. The molecule has 2 rings (SSSR count). The highest BCUT2D eigenvalue weighted by Crippen LogP contribution is 2.34. The van der Waals surface area contributed by atoms with Crippen molar-refractivity contribution in [3.05, 3.63) is 59.4 Å². The fourth-order valence-electron chi connectivity index (χ4n) is 2.83. The Hall–Kier alpha value is -2.82. The van der Waals surface area contributed by atoms with Crippen molar-refractivity contribution >= 4 is 32.4 Å². The van der Waals surface area contributed by atoms with Gasteiger partial charge in [-0.3, -0.25) is 4.79 Å².